The molecule has 0 saturated heterocycles. The minimum absolute atomic E-state index is 0.944. The number of aryl methyl sites for hydroxylation is 1. The minimum atomic E-state index is -1.29. The van der Waals surface area contributed by atoms with Crippen LogP contribution in [0.2, 0.25) is 0 Å². The van der Waals surface area contributed by atoms with Crippen LogP contribution in [0.25, 0.3) is 10.9 Å². The second-order valence-electron chi connectivity index (χ2n) is 3.94. The summed E-state index contributed by atoms with van der Waals surface area (Å²) in [6, 6.07) is 0. The summed E-state index contributed by atoms with van der Waals surface area (Å²) in [4.78, 5) is 0. The molecule has 0 radical (unpaired) electrons. The first-order chi connectivity index (χ1) is 7.61. The van der Waals surface area contributed by atoms with Gasteiger partial charge in [-0.25, -0.2) is 0 Å². The van der Waals surface area contributed by atoms with Crippen LogP contribution in [0, 0.1) is 20.8 Å². The highest BCUT2D eigenvalue weighted by Crippen LogP contribution is 2.38. The molecule has 0 N–H and O–H groups in total. The van der Waals surface area contributed by atoms with E-state index in [9.17, 15) is 0 Å². The largest absolute Gasteiger partial charge is 0.546 e. The summed E-state index contributed by atoms with van der Waals surface area (Å²) in [6.45, 7) is 6.23. The van der Waals surface area contributed by atoms with E-state index < -0.39 is 8.64 Å². The maximum atomic E-state index is 5.69. The molecule has 0 aliphatic carbocycles. The van der Waals surface area contributed by atoms with Crippen molar-refractivity contribution in [1.29, 1.82) is 0 Å². The Morgan fingerprint density at radius 3 is 2.38 bits per heavy atom. The lowest BCUT2D eigenvalue weighted by atomic mass is 10.0. The zero-order valence-electron chi connectivity index (χ0n) is 10.3. The van der Waals surface area contributed by atoms with Gasteiger partial charge in [0, 0.05) is 11.1 Å². The molecule has 2 aliphatic rings. The quantitative estimate of drug-likeness (QED) is 0.750. The van der Waals surface area contributed by atoms with E-state index in [1.807, 2.05) is 0 Å². The van der Waals surface area contributed by atoms with E-state index in [0.29, 0.717) is 0 Å². The van der Waals surface area contributed by atoms with Crippen LogP contribution in [-0.4, -0.2) is 22.9 Å². The zero-order chi connectivity index (χ0) is 11.9. The van der Waals surface area contributed by atoms with Gasteiger partial charge in [0.25, 0.3) is 0 Å². The SMILES string of the molecule is COc1c(C)c2c(C)c(C)coc-2[si]1OC. The summed E-state index contributed by atoms with van der Waals surface area (Å²) in [6.07, 6.45) is 1.80. The summed E-state index contributed by atoms with van der Waals surface area (Å²) in [5.74, 6) is 0. The highest BCUT2D eigenvalue weighted by atomic mass is 28.3. The highest BCUT2D eigenvalue weighted by Gasteiger charge is 2.28. The van der Waals surface area contributed by atoms with Crippen molar-refractivity contribution >= 4 is 8.64 Å². The summed E-state index contributed by atoms with van der Waals surface area (Å²) in [7, 11) is 2.11. The second-order valence-corrected chi connectivity index (χ2v) is 5.91. The van der Waals surface area contributed by atoms with Crippen LogP contribution in [0.5, 0.6) is 5.36 Å². The van der Waals surface area contributed by atoms with Crippen molar-refractivity contribution in [3.8, 4) is 16.3 Å². The molecule has 0 atom stereocenters. The van der Waals surface area contributed by atoms with E-state index in [1.165, 1.54) is 11.1 Å². The Balaban J connectivity index is 2.86. The molecule has 0 aromatic heterocycles. The van der Waals surface area contributed by atoms with Gasteiger partial charge in [-0.2, -0.15) is 0 Å². The summed E-state index contributed by atoms with van der Waals surface area (Å²) >= 11 is 0. The van der Waals surface area contributed by atoms with E-state index in [4.69, 9.17) is 13.6 Å². The molecule has 2 heterocycles. The van der Waals surface area contributed by atoms with Crippen LogP contribution >= 0.6 is 0 Å². The first kappa shape index (κ1) is 11.2. The van der Waals surface area contributed by atoms with Crippen molar-refractivity contribution in [3.63, 3.8) is 0 Å². The molecule has 0 unspecified atom stereocenters. The van der Waals surface area contributed by atoms with Crippen LogP contribution in [0.4, 0.5) is 0 Å². The van der Waals surface area contributed by atoms with Gasteiger partial charge in [0.05, 0.1) is 20.5 Å². The first-order valence-corrected chi connectivity index (χ1v) is 6.61. The van der Waals surface area contributed by atoms with Gasteiger partial charge in [0.1, 0.15) is 5.36 Å². The lowest BCUT2D eigenvalue weighted by Crippen LogP contribution is -2.10. The number of rotatable bonds is 2. The van der Waals surface area contributed by atoms with Crippen molar-refractivity contribution in [2.45, 2.75) is 20.8 Å². The van der Waals surface area contributed by atoms with Gasteiger partial charge in [0.15, 0.2) is 5.37 Å². The fourth-order valence-corrected chi connectivity index (χ4v) is 4.09. The average Bonchev–Trinajstić information content (AvgIpc) is 2.56. The maximum absolute atomic E-state index is 5.69. The third-order valence-corrected chi connectivity index (χ3v) is 5.26. The average molecular weight is 236 g/mol. The van der Waals surface area contributed by atoms with Crippen molar-refractivity contribution in [3.05, 3.63) is 23.0 Å². The predicted octanol–water partition coefficient (Wildman–Crippen LogP) is 2.40. The molecule has 0 spiro atoms. The van der Waals surface area contributed by atoms with Crippen molar-refractivity contribution in [2.24, 2.45) is 0 Å². The fourth-order valence-electron chi connectivity index (χ4n) is 2.10. The number of hydrogen-bond donors (Lipinski definition) is 0. The van der Waals surface area contributed by atoms with Crippen LogP contribution in [0.3, 0.4) is 0 Å². The van der Waals surface area contributed by atoms with Crippen LogP contribution in [-0.2, 0) is 0 Å². The van der Waals surface area contributed by atoms with Gasteiger partial charge < -0.3 is 13.6 Å². The number of fused-ring (bicyclic) bond motifs is 1. The van der Waals surface area contributed by atoms with Gasteiger partial charge in [-0.15, -0.1) is 0 Å². The first-order valence-electron chi connectivity index (χ1n) is 5.20. The molecule has 2 aliphatic heterocycles. The zero-order valence-corrected chi connectivity index (χ0v) is 11.3. The van der Waals surface area contributed by atoms with Crippen LogP contribution in [0.1, 0.15) is 16.7 Å². The summed E-state index contributed by atoms with van der Waals surface area (Å²) < 4.78 is 16.7. The van der Waals surface area contributed by atoms with Crippen LogP contribution < -0.4 is 9.16 Å². The molecule has 0 saturated carbocycles. The number of ether oxygens (including phenoxy) is 1. The predicted molar refractivity (Wildman–Crippen MR) is 64.5 cm³/mol. The fraction of sp³-hybridized carbons (Fsp3) is 0.417. The lowest BCUT2D eigenvalue weighted by Gasteiger charge is -2.07. The molecule has 0 aromatic rings. The molecule has 4 heteroatoms. The molecule has 2 rings (SSSR count). The van der Waals surface area contributed by atoms with Gasteiger partial charge in [-0.3, -0.25) is 0 Å². The third kappa shape index (κ3) is 1.37. The van der Waals surface area contributed by atoms with Gasteiger partial charge in [-0.1, -0.05) is 0 Å². The van der Waals surface area contributed by atoms with Crippen molar-refractivity contribution in [1.82, 2.24) is 0 Å². The highest BCUT2D eigenvalue weighted by molar-refractivity contribution is 6.59. The van der Waals surface area contributed by atoms with Gasteiger partial charge >= 0.3 is 8.64 Å². The second kappa shape index (κ2) is 3.94. The lowest BCUT2D eigenvalue weighted by molar-refractivity contribution is 0.408. The molecule has 0 fully saturated rings. The molecule has 16 heavy (non-hydrogen) atoms. The molecular formula is C12H16O3Si. The minimum Gasteiger partial charge on any atom is -0.546 e. The van der Waals surface area contributed by atoms with E-state index in [0.717, 1.165) is 21.9 Å². The van der Waals surface area contributed by atoms with E-state index in [2.05, 4.69) is 20.8 Å². The Morgan fingerprint density at radius 1 is 1.12 bits per heavy atom. The molecule has 0 bridgehead atoms. The van der Waals surface area contributed by atoms with Gasteiger partial charge in [0.2, 0.25) is 0 Å². The Morgan fingerprint density at radius 2 is 1.81 bits per heavy atom. The molecule has 86 valence electrons. The Labute approximate surface area is 97.0 Å². The number of hydrogen-bond acceptors (Lipinski definition) is 3. The van der Waals surface area contributed by atoms with E-state index >= 15 is 0 Å². The Bertz CT molecular complexity index is 502. The summed E-state index contributed by atoms with van der Waals surface area (Å²) in [5.41, 5.74) is 4.74. The third-order valence-electron chi connectivity index (χ3n) is 3.08. The normalized spacial score (nSPS) is 10.8. The van der Waals surface area contributed by atoms with Gasteiger partial charge in [-0.05, 0) is 31.9 Å². The summed E-state index contributed by atoms with van der Waals surface area (Å²) in [5, 5.41) is 1.89. The Kier molecular flexibility index (Phi) is 2.76. The molecular weight excluding hydrogens is 220 g/mol. The monoisotopic (exact) mass is 236 g/mol. The smallest absolute Gasteiger partial charge is 0.354 e. The van der Waals surface area contributed by atoms with Crippen molar-refractivity contribution < 1.29 is 13.6 Å². The van der Waals surface area contributed by atoms with Crippen LogP contribution in [0.15, 0.2) is 10.7 Å². The maximum Gasteiger partial charge on any atom is 0.354 e. The molecule has 3 nitrogen and oxygen atoms in total. The topological polar surface area (TPSA) is 31.6 Å². The molecule has 0 amide bonds. The standard InChI is InChI=1S/C12H16O3Si/c1-7-6-15-12-10(8(7)2)9(3)11(13-4)16(12)14-5/h6H,1-5H3. The van der Waals surface area contributed by atoms with Crippen molar-refractivity contribution in [2.75, 3.05) is 14.2 Å². The molecule has 0 aromatic carbocycles. The van der Waals surface area contributed by atoms with E-state index in [-0.39, 0.29) is 0 Å². The van der Waals surface area contributed by atoms with E-state index in [1.54, 1.807) is 20.5 Å². The Hall–Kier alpha value is -1.29. The number of methoxy groups -OCH3 is 1.